The van der Waals surface area contributed by atoms with Crippen LogP contribution in [0.2, 0.25) is 0 Å². The molecule has 1 rings (SSSR count). The van der Waals surface area contributed by atoms with Crippen molar-refractivity contribution in [2.45, 2.75) is 25.8 Å². The molecular weight excluding hydrogens is 288 g/mol. The van der Waals surface area contributed by atoms with Gasteiger partial charge in [-0.1, -0.05) is 0 Å². The molecule has 0 aromatic heterocycles. The van der Waals surface area contributed by atoms with Crippen molar-refractivity contribution in [3.63, 3.8) is 0 Å². The second kappa shape index (κ2) is 6.69. The number of hydrogen-bond acceptors (Lipinski definition) is 5. The Morgan fingerprint density at radius 1 is 1.30 bits per heavy atom. The molecule has 0 aliphatic heterocycles. The topological polar surface area (TPSA) is 130 Å². The second-order valence-electron chi connectivity index (χ2n) is 4.89. The molecule has 9 heteroatoms. The van der Waals surface area contributed by atoms with Crippen molar-refractivity contribution in [2.75, 3.05) is 18.1 Å². The third kappa shape index (κ3) is 6.50. The number of rotatable bonds is 8. The predicted molar refractivity (Wildman–Crippen MR) is 69.6 cm³/mol. The van der Waals surface area contributed by atoms with Gasteiger partial charge in [0.05, 0.1) is 5.75 Å². The van der Waals surface area contributed by atoms with Gasteiger partial charge in [-0.2, -0.15) is 0 Å². The van der Waals surface area contributed by atoms with E-state index in [4.69, 9.17) is 5.11 Å². The molecule has 3 N–H and O–H groups in total. The first-order valence-electron chi connectivity index (χ1n) is 6.16. The van der Waals surface area contributed by atoms with Crippen LogP contribution in [0.4, 0.5) is 0 Å². The first kappa shape index (κ1) is 16.4. The van der Waals surface area contributed by atoms with Gasteiger partial charge in [-0.15, -0.1) is 0 Å². The molecule has 1 fully saturated rings. The van der Waals surface area contributed by atoms with Crippen LogP contribution in [0.15, 0.2) is 0 Å². The summed E-state index contributed by atoms with van der Waals surface area (Å²) in [6, 6.07) is -1.55. The number of amides is 2. The van der Waals surface area contributed by atoms with Gasteiger partial charge < -0.3 is 15.7 Å². The first-order valence-corrected chi connectivity index (χ1v) is 7.99. The number of carboxylic acids is 1. The van der Waals surface area contributed by atoms with Gasteiger partial charge >= 0.3 is 5.97 Å². The molecule has 114 valence electrons. The summed E-state index contributed by atoms with van der Waals surface area (Å²) < 4.78 is 23.4. The maximum atomic E-state index is 11.7. The van der Waals surface area contributed by atoms with Crippen LogP contribution >= 0.6 is 0 Å². The van der Waals surface area contributed by atoms with Crippen LogP contribution in [0.3, 0.4) is 0 Å². The molecular formula is C11H18N2O6S. The number of carbonyl (C=O) groups excluding carboxylic acids is 2. The summed E-state index contributed by atoms with van der Waals surface area (Å²) in [6.45, 7) is 1.54. The quantitative estimate of drug-likeness (QED) is 0.501. The number of nitrogens with one attached hydrogen (secondary N) is 2. The van der Waals surface area contributed by atoms with Gasteiger partial charge in [-0.3, -0.25) is 9.59 Å². The third-order valence-corrected chi connectivity index (χ3v) is 4.28. The largest absolute Gasteiger partial charge is 0.480 e. The Balaban J connectivity index is 2.50. The Labute approximate surface area is 116 Å². The number of sulfone groups is 1. The maximum Gasteiger partial charge on any atom is 0.327 e. The van der Waals surface area contributed by atoms with Crippen molar-refractivity contribution >= 4 is 27.6 Å². The number of hydrogen-bond donors (Lipinski definition) is 3. The highest BCUT2D eigenvalue weighted by Crippen LogP contribution is 2.27. The van der Waals surface area contributed by atoms with Crippen LogP contribution in [0.5, 0.6) is 0 Å². The number of carbonyl (C=O) groups is 3. The van der Waals surface area contributed by atoms with E-state index >= 15 is 0 Å². The lowest BCUT2D eigenvalue weighted by atomic mass is 10.3. The molecule has 0 saturated heterocycles. The average molecular weight is 306 g/mol. The SMILES string of the molecule is CC(=O)NC(CS(=O)(=O)CC(=O)NCC1CC1)C(=O)O. The molecule has 0 heterocycles. The van der Waals surface area contributed by atoms with Crippen LogP contribution in [-0.4, -0.2) is 55.4 Å². The molecule has 1 unspecified atom stereocenters. The van der Waals surface area contributed by atoms with Crippen molar-refractivity contribution in [3.05, 3.63) is 0 Å². The van der Waals surface area contributed by atoms with E-state index in [1.54, 1.807) is 0 Å². The maximum absolute atomic E-state index is 11.7. The summed E-state index contributed by atoms with van der Waals surface area (Å²) in [4.78, 5) is 33.1. The third-order valence-electron chi connectivity index (χ3n) is 2.73. The van der Waals surface area contributed by atoms with Gasteiger partial charge in [0.2, 0.25) is 11.8 Å². The van der Waals surface area contributed by atoms with E-state index in [1.807, 2.05) is 5.32 Å². The van der Waals surface area contributed by atoms with Gasteiger partial charge in [0, 0.05) is 13.5 Å². The molecule has 0 aromatic rings. The minimum atomic E-state index is -3.91. The van der Waals surface area contributed by atoms with Crippen molar-refractivity contribution in [3.8, 4) is 0 Å². The fraction of sp³-hybridized carbons (Fsp3) is 0.727. The van der Waals surface area contributed by atoms with E-state index in [9.17, 15) is 22.8 Å². The first-order chi connectivity index (χ1) is 9.19. The summed E-state index contributed by atoms with van der Waals surface area (Å²) in [5.74, 6) is -3.91. The Morgan fingerprint density at radius 3 is 2.35 bits per heavy atom. The zero-order chi connectivity index (χ0) is 15.3. The van der Waals surface area contributed by atoms with Crippen LogP contribution in [-0.2, 0) is 24.2 Å². The smallest absolute Gasteiger partial charge is 0.327 e. The minimum absolute atomic E-state index is 0.424. The normalized spacial score (nSPS) is 16.2. The van der Waals surface area contributed by atoms with Gasteiger partial charge in [0.1, 0.15) is 11.8 Å². The zero-order valence-electron chi connectivity index (χ0n) is 11.1. The molecule has 2 amide bonds. The predicted octanol–water partition coefficient (Wildman–Crippen LogP) is -1.48. The molecule has 1 atom stereocenters. The van der Waals surface area contributed by atoms with Gasteiger partial charge in [-0.25, -0.2) is 13.2 Å². The lowest BCUT2D eigenvalue weighted by molar-refractivity contribution is -0.140. The molecule has 1 aliphatic rings. The van der Waals surface area contributed by atoms with E-state index in [1.165, 1.54) is 0 Å². The van der Waals surface area contributed by atoms with E-state index < -0.39 is 45.2 Å². The van der Waals surface area contributed by atoms with Gasteiger partial charge in [-0.05, 0) is 18.8 Å². The van der Waals surface area contributed by atoms with Crippen molar-refractivity contribution in [1.82, 2.24) is 10.6 Å². The molecule has 8 nitrogen and oxygen atoms in total. The van der Waals surface area contributed by atoms with Gasteiger partial charge in [0.15, 0.2) is 9.84 Å². The van der Waals surface area contributed by atoms with Crippen molar-refractivity contribution in [2.24, 2.45) is 5.92 Å². The fourth-order valence-electron chi connectivity index (χ4n) is 1.56. The molecule has 20 heavy (non-hydrogen) atoms. The molecule has 1 aliphatic carbocycles. The highest BCUT2D eigenvalue weighted by molar-refractivity contribution is 7.92. The van der Waals surface area contributed by atoms with Crippen LogP contribution < -0.4 is 10.6 Å². The Kier molecular flexibility index (Phi) is 5.49. The summed E-state index contributed by atoms with van der Waals surface area (Å²) in [6.07, 6.45) is 2.05. The summed E-state index contributed by atoms with van der Waals surface area (Å²) in [5, 5.41) is 13.3. The summed E-state index contributed by atoms with van der Waals surface area (Å²) >= 11 is 0. The fourth-order valence-corrected chi connectivity index (χ4v) is 2.92. The lowest BCUT2D eigenvalue weighted by Crippen LogP contribution is -2.46. The number of carboxylic acid groups (broad SMARTS) is 1. The van der Waals surface area contributed by atoms with Gasteiger partial charge in [0.25, 0.3) is 0 Å². The second-order valence-corrected chi connectivity index (χ2v) is 7.00. The van der Waals surface area contributed by atoms with E-state index in [0.29, 0.717) is 12.5 Å². The monoisotopic (exact) mass is 306 g/mol. The van der Waals surface area contributed by atoms with Crippen LogP contribution in [0, 0.1) is 5.92 Å². The summed E-state index contributed by atoms with van der Waals surface area (Å²) in [7, 11) is -3.91. The standard InChI is InChI=1S/C11H18N2O6S/c1-7(14)13-9(11(16)17)5-20(18,19)6-10(15)12-4-8-2-3-8/h8-9H,2-6H2,1H3,(H,12,15)(H,13,14)(H,16,17). The number of aliphatic carboxylic acids is 1. The van der Waals surface area contributed by atoms with Crippen LogP contribution in [0.25, 0.3) is 0 Å². The van der Waals surface area contributed by atoms with E-state index in [-0.39, 0.29) is 0 Å². The molecule has 0 bridgehead atoms. The van der Waals surface area contributed by atoms with Crippen molar-refractivity contribution < 1.29 is 27.9 Å². The highest BCUT2D eigenvalue weighted by Gasteiger charge is 2.28. The Morgan fingerprint density at radius 2 is 1.90 bits per heavy atom. The van der Waals surface area contributed by atoms with Crippen molar-refractivity contribution in [1.29, 1.82) is 0 Å². The molecule has 0 spiro atoms. The van der Waals surface area contributed by atoms with Crippen LogP contribution in [0.1, 0.15) is 19.8 Å². The Bertz CT molecular complexity index is 497. The lowest BCUT2D eigenvalue weighted by Gasteiger charge is -2.13. The highest BCUT2D eigenvalue weighted by atomic mass is 32.2. The van der Waals surface area contributed by atoms with E-state index in [2.05, 4.69) is 5.32 Å². The average Bonchev–Trinajstić information content (AvgIpc) is 3.07. The molecule has 0 aromatic carbocycles. The minimum Gasteiger partial charge on any atom is -0.480 e. The zero-order valence-corrected chi connectivity index (χ0v) is 11.9. The molecule has 0 radical (unpaired) electrons. The Hall–Kier alpha value is -1.64. The molecule has 1 saturated carbocycles. The van der Waals surface area contributed by atoms with E-state index in [0.717, 1.165) is 19.8 Å². The summed E-state index contributed by atoms with van der Waals surface area (Å²) in [5.41, 5.74) is 0.